The minimum atomic E-state index is -0.538. The molecule has 0 saturated carbocycles. The van der Waals surface area contributed by atoms with E-state index in [2.05, 4.69) is 35.6 Å². The van der Waals surface area contributed by atoms with Crippen molar-refractivity contribution < 1.29 is 5.11 Å². The fraction of sp³-hybridized carbons (Fsp3) is 0.200. The van der Waals surface area contributed by atoms with Crippen LogP contribution < -0.4 is 0 Å². The monoisotopic (exact) mass is 338 g/mol. The number of rotatable bonds is 2. The van der Waals surface area contributed by atoms with Crippen LogP contribution in [0.25, 0.3) is 0 Å². The fourth-order valence-corrected chi connectivity index (χ4v) is 2.68. The Bertz CT molecular complexity index is 534. The molecule has 0 aliphatic rings. The Hall–Kier alpha value is -0.870. The summed E-state index contributed by atoms with van der Waals surface area (Å²) >= 11 is 2.26. The molecule has 0 amide bonds. The van der Waals surface area contributed by atoms with Gasteiger partial charge >= 0.3 is 0 Å². The van der Waals surface area contributed by atoms with Gasteiger partial charge in [0.15, 0.2) is 0 Å². The van der Waals surface area contributed by atoms with Gasteiger partial charge in [0.1, 0.15) is 6.10 Å². The maximum Gasteiger partial charge on any atom is 0.105 e. The van der Waals surface area contributed by atoms with Crippen molar-refractivity contribution >= 4 is 22.6 Å². The van der Waals surface area contributed by atoms with Gasteiger partial charge in [-0.3, -0.25) is 0 Å². The number of hydrogen-bond acceptors (Lipinski definition) is 1. The number of hydrogen-bond donors (Lipinski definition) is 1. The maximum atomic E-state index is 10.4. The van der Waals surface area contributed by atoms with E-state index >= 15 is 0 Å². The zero-order chi connectivity index (χ0) is 12.4. The molecule has 0 saturated heterocycles. The van der Waals surface area contributed by atoms with Gasteiger partial charge < -0.3 is 5.11 Å². The van der Waals surface area contributed by atoms with Crippen LogP contribution in [0, 0.1) is 17.4 Å². The fourth-order valence-electron chi connectivity index (χ4n) is 2.00. The van der Waals surface area contributed by atoms with Crippen LogP contribution in [0.2, 0.25) is 0 Å². The highest BCUT2D eigenvalue weighted by Gasteiger charge is 2.14. The molecule has 0 spiro atoms. The minimum Gasteiger partial charge on any atom is -0.384 e. The summed E-state index contributed by atoms with van der Waals surface area (Å²) in [6, 6.07) is 14.1. The Balaban J connectivity index is 2.44. The van der Waals surface area contributed by atoms with Gasteiger partial charge in [0.25, 0.3) is 0 Å². The van der Waals surface area contributed by atoms with E-state index in [4.69, 9.17) is 0 Å². The van der Waals surface area contributed by atoms with Crippen LogP contribution in [0.5, 0.6) is 0 Å². The highest BCUT2D eigenvalue weighted by Crippen LogP contribution is 2.28. The molecule has 0 aliphatic carbocycles. The Labute approximate surface area is 116 Å². The highest BCUT2D eigenvalue weighted by atomic mass is 127. The number of aliphatic hydroxyl groups excluding tert-OH is 1. The van der Waals surface area contributed by atoms with Crippen molar-refractivity contribution in [1.82, 2.24) is 0 Å². The average molecular weight is 338 g/mol. The van der Waals surface area contributed by atoms with Gasteiger partial charge in [0.2, 0.25) is 0 Å². The normalized spacial score (nSPS) is 12.5. The summed E-state index contributed by atoms with van der Waals surface area (Å²) in [7, 11) is 0. The zero-order valence-corrected chi connectivity index (χ0v) is 12.1. The van der Waals surface area contributed by atoms with Crippen molar-refractivity contribution in [3.05, 3.63) is 68.3 Å². The van der Waals surface area contributed by atoms with Crippen molar-refractivity contribution in [3.63, 3.8) is 0 Å². The average Bonchev–Trinajstić information content (AvgIpc) is 2.29. The van der Waals surface area contributed by atoms with Gasteiger partial charge in [-0.1, -0.05) is 42.0 Å². The third-order valence-electron chi connectivity index (χ3n) is 2.92. The molecule has 0 aromatic heterocycles. The molecular formula is C15H15IO. The SMILES string of the molecule is Cc1ccc(C(O)c2ccccc2I)c(C)c1. The minimum absolute atomic E-state index is 0.538. The Morgan fingerprint density at radius 1 is 1.00 bits per heavy atom. The summed E-state index contributed by atoms with van der Waals surface area (Å²) in [5.74, 6) is 0. The Morgan fingerprint density at radius 3 is 2.35 bits per heavy atom. The largest absolute Gasteiger partial charge is 0.384 e. The van der Waals surface area contributed by atoms with E-state index in [-0.39, 0.29) is 0 Å². The smallest absolute Gasteiger partial charge is 0.105 e. The third-order valence-corrected chi connectivity index (χ3v) is 3.90. The van der Waals surface area contributed by atoms with Crippen LogP contribution in [0.1, 0.15) is 28.4 Å². The van der Waals surface area contributed by atoms with E-state index in [9.17, 15) is 5.11 Å². The molecule has 0 radical (unpaired) electrons. The lowest BCUT2D eigenvalue weighted by Crippen LogP contribution is -2.04. The summed E-state index contributed by atoms with van der Waals surface area (Å²) in [6.07, 6.45) is -0.538. The van der Waals surface area contributed by atoms with Gasteiger partial charge in [0, 0.05) is 3.57 Å². The first-order valence-corrected chi connectivity index (χ1v) is 6.67. The standard InChI is InChI=1S/C15H15IO/c1-10-7-8-12(11(2)9-10)15(17)13-5-3-4-6-14(13)16/h3-9,15,17H,1-2H3. The van der Waals surface area contributed by atoms with Gasteiger partial charge in [-0.2, -0.15) is 0 Å². The van der Waals surface area contributed by atoms with Crippen LogP contribution in [0.3, 0.4) is 0 Å². The Kier molecular flexibility index (Phi) is 3.84. The second-order valence-corrected chi connectivity index (χ2v) is 5.45. The van der Waals surface area contributed by atoms with Crippen molar-refractivity contribution in [1.29, 1.82) is 0 Å². The van der Waals surface area contributed by atoms with E-state index in [1.54, 1.807) is 0 Å². The molecule has 88 valence electrons. The van der Waals surface area contributed by atoms with E-state index in [0.29, 0.717) is 0 Å². The summed E-state index contributed by atoms with van der Waals surface area (Å²) in [5.41, 5.74) is 4.32. The van der Waals surface area contributed by atoms with E-state index in [0.717, 1.165) is 20.3 Å². The molecule has 17 heavy (non-hydrogen) atoms. The number of aryl methyl sites for hydroxylation is 2. The van der Waals surface area contributed by atoms with E-state index in [1.807, 2.05) is 43.3 Å². The molecule has 2 aromatic carbocycles. The molecule has 1 unspecified atom stereocenters. The van der Waals surface area contributed by atoms with Crippen LogP contribution in [-0.4, -0.2) is 5.11 Å². The predicted octanol–water partition coefficient (Wildman–Crippen LogP) is 3.99. The molecule has 1 nitrogen and oxygen atoms in total. The molecule has 2 rings (SSSR count). The molecule has 2 heteroatoms. The van der Waals surface area contributed by atoms with Gasteiger partial charge in [-0.25, -0.2) is 0 Å². The van der Waals surface area contributed by atoms with Crippen LogP contribution in [0.15, 0.2) is 42.5 Å². The Morgan fingerprint density at radius 2 is 1.71 bits per heavy atom. The van der Waals surface area contributed by atoms with Gasteiger partial charge in [-0.15, -0.1) is 0 Å². The van der Waals surface area contributed by atoms with Crippen molar-refractivity contribution in [2.45, 2.75) is 20.0 Å². The number of aliphatic hydroxyl groups is 1. The molecule has 1 atom stereocenters. The second kappa shape index (κ2) is 5.19. The molecule has 0 bridgehead atoms. The summed E-state index contributed by atoms with van der Waals surface area (Å²) < 4.78 is 1.09. The molecule has 0 fully saturated rings. The molecule has 1 N–H and O–H groups in total. The predicted molar refractivity (Wildman–Crippen MR) is 79.1 cm³/mol. The quantitative estimate of drug-likeness (QED) is 0.821. The lowest BCUT2D eigenvalue weighted by Gasteiger charge is -2.16. The lowest BCUT2D eigenvalue weighted by molar-refractivity contribution is 0.218. The summed E-state index contributed by atoms with van der Waals surface area (Å²) in [6.45, 7) is 4.11. The summed E-state index contributed by atoms with van der Waals surface area (Å²) in [5, 5.41) is 10.4. The highest BCUT2D eigenvalue weighted by molar-refractivity contribution is 14.1. The second-order valence-electron chi connectivity index (χ2n) is 4.28. The van der Waals surface area contributed by atoms with Gasteiger partial charge in [0.05, 0.1) is 0 Å². The van der Waals surface area contributed by atoms with Crippen molar-refractivity contribution in [3.8, 4) is 0 Å². The van der Waals surface area contributed by atoms with Crippen LogP contribution in [-0.2, 0) is 0 Å². The topological polar surface area (TPSA) is 20.2 Å². The number of benzene rings is 2. The van der Waals surface area contributed by atoms with E-state index in [1.165, 1.54) is 5.56 Å². The lowest BCUT2D eigenvalue weighted by atomic mass is 9.96. The maximum absolute atomic E-state index is 10.4. The molecule has 0 aliphatic heterocycles. The van der Waals surface area contributed by atoms with E-state index < -0.39 is 6.10 Å². The van der Waals surface area contributed by atoms with Crippen LogP contribution >= 0.6 is 22.6 Å². The zero-order valence-electron chi connectivity index (χ0n) is 9.94. The molecular weight excluding hydrogens is 323 g/mol. The third kappa shape index (κ3) is 2.69. The number of halogens is 1. The molecule has 0 heterocycles. The van der Waals surface area contributed by atoms with Crippen molar-refractivity contribution in [2.24, 2.45) is 0 Å². The van der Waals surface area contributed by atoms with Gasteiger partial charge in [-0.05, 0) is 59.2 Å². The first-order chi connectivity index (χ1) is 8.09. The van der Waals surface area contributed by atoms with Crippen molar-refractivity contribution in [2.75, 3.05) is 0 Å². The first kappa shape index (κ1) is 12.6. The molecule has 2 aromatic rings. The first-order valence-electron chi connectivity index (χ1n) is 5.59. The summed E-state index contributed by atoms with van der Waals surface area (Å²) in [4.78, 5) is 0. The van der Waals surface area contributed by atoms with Crippen LogP contribution in [0.4, 0.5) is 0 Å².